The van der Waals surface area contributed by atoms with Gasteiger partial charge in [0.25, 0.3) is 0 Å². The summed E-state index contributed by atoms with van der Waals surface area (Å²) in [5, 5.41) is 2.61. The Bertz CT molecular complexity index is 741. The average molecular weight is 345 g/mol. The summed E-state index contributed by atoms with van der Waals surface area (Å²) < 4.78 is 26.2. The van der Waals surface area contributed by atoms with E-state index in [9.17, 15) is 13.6 Å². The molecule has 1 heterocycles. The van der Waals surface area contributed by atoms with Gasteiger partial charge in [0.05, 0.1) is 0 Å². The highest BCUT2D eigenvalue weighted by molar-refractivity contribution is 5.89. The molecule has 0 aliphatic carbocycles. The van der Waals surface area contributed by atoms with Crippen LogP contribution in [0.15, 0.2) is 42.5 Å². The molecule has 4 nitrogen and oxygen atoms in total. The third kappa shape index (κ3) is 4.07. The summed E-state index contributed by atoms with van der Waals surface area (Å²) in [4.78, 5) is 16.2. The van der Waals surface area contributed by atoms with Gasteiger partial charge in [-0.05, 0) is 36.2 Å². The molecule has 1 aliphatic rings. The Balaban J connectivity index is 1.55. The van der Waals surface area contributed by atoms with Gasteiger partial charge in [0.2, 0.25) is 0 Å². The first-order valence-corrected chi connectivity index (χ1v) is 8.41. The van der Waals surface area contributed by atoms with Crippen molar-refractivity contribution >= 4 is 17.4 Å². The molecule has 0 unspecified atom stereocenters. The lowest BCUT2D eigenvalue weighted by molar-refractivity contribution is 0.208. The Morgan fingerprint density at radius 1 is 1.00 bits per heavy atom. The normalized spacial score (nSPS) is 14.5. The van der Waals surface area contributed by atoms with E-state index in [0.29, 0.717) is 13.1 Å². The van der Waals surface area contributed by atoms with Crippen molar-refractivity contribution in [1.82, 2.24) is 4.90 Å². The zero-order chi connectivity index (χ0) is 17.8. The molecule has 1 saturated heterocycles. The molecule has 0 saturated carbocycles. The van der Waals surface area contributed by atoms with Gasteiger partial charge in [0, 0.05) is 43.6 Å². The lowest BCUT2D eigenvalue weighted by atomic mass is 10.1. The molecule has 2 aromatic rings. The molecule has 6 heteroatoms. The molecule has 0 spiro atoms. The molecule has 1 N–H and O–H groups in total. The van der Waals surface area contributed by atoms with E-state index in [0.717, 1.165) is 37.3 Å². The van der Waals surface area contributed by atoms with Gasteiger partial charge in [0.15, 0.2) is 11.6 Å². The van der Waals surface area contributed by atoms with Gasteiger partial charge in [-0.3, -0.25) is 0 Å². The number of aryl methyl sites for hydroxylation is 1. The molecule has 2 aromatic carbocycles. The molecule has 0 atom stereocenters. The molecular formula is C19H21F2N3O. The van der Waals surface area contributed by atoms with Crippen LogP contribution in [-0.2, 0) is 6.42 Å². The van der Waals surface area contributed by atoms with Crippen LogP contribution < -0.4 is 10.2 Å². The van der Waals surface area contributed by atoms with Gasteiger partial charge in [-0.1, -0.05) is 19.1 Å². The highest BCUT2D eigenvalue weighted by Crippen LogP contribution is 2.19. The summed E-state index contributed by atoms with van der Waals surface area (Å²) >= 11 is 0. The Morgan fingerprint density at radius 2 is 1.68 bits per heavy atom. The zero-order valence-corrected chi connectivity index (χ0v) is 14.1. The lowest BCUT2D eigenvalue weighted by Crippen LogP contribution is -2.50. The second-order valence-electron chi connectivity index (χ2n) is 6.05. The van der Waals surface area contributed by atoms with Gasteiger partial charge in [0.1, 0.15) is 0 Å². The van der Waals surface area contributed by atoms with E-state index in [1.807, 2.05) is 0 Å². The number of halogens is 2. The number of amides is 2. The van der Waals surface area contributed by atoms with Gasteiger partial charge >= 0.3 is 6.03 Å². The highest BCUT2D eigenvalue weighted by Gasteiger charge is 2.21. The van der Waals surface area contributed by atoms with Crippen molar-refractivity contribution in [3.8, 4) is 0 Å². The van der Waals surface area contributed by atoms with Crippen LogP contribution in [0.2, 0.25) is 0 Å². The van der Waals surface area contributed by atoms with Crippen LogP contribution in [0.25, 0.3) is 0 Å². The van der Waals surface area contributed by atoms with E-state index in [-0.39, 0.29) is 11.7 Å². The van der Waals surface area contributed by atoms with Crippen molar-refractivity contribution in [3.05, 3.63) is 59.7 Å². The first-order chi connectivity index (χ1) is 12.1. The van der Waals surface area contributed by atoms with E-state index in [2.05, 4.69) is 41.4 Å². The monoisotopic (exact) mass is 345 g/mol. The standard InChI is InChI=1S/C19H21F2N3O/c1-2-14-3-6-16(7-4-14)23-9-11-24(12-10-23)19(25)22-15-5-8-17(20)18(21)13-15/h3-8,13H,2,9-12H2,1H3,(H,22,25). The molecule has 0 aromatic heterocycles. The zero-order valence-electron chi connectivity index (χ0n) is 14.1. The van der Waals surface area contributed by atoms with Gasteiger partial charge in [-0.2, -0.15) is 0 Å². The Labute approximate surface area is 146 Å². The van der Waals surface area contributed by atoms with Crippen molar-refractivity contribution in [2.45, 2.75) is 13.3 Å². The van der Waals surface area contributed by atoms with Crippen LogP contribution in [0.3, 0.4) is 0 Å². The molecule has 1 aliphatic heterocycles. The summed E-state index contributed by atoms with van der Waals surface area (Å²) in [5.41, 5.74) is 2.70. The van der Waals surface area contributed by atoms with Crippen LogP contribution in [0.4, 0.5) is 25.0 Å². The van der Waals surface area contributed by atoms with Crippen molar-refractivity contribution < 1.29 is 13.6 Å². The molecule has 0 bridgehead atoms. The molecular weight excluding hydrogens is 324 g/mol. The van der Waals surface area contributed by atoms with Crippen LogP contribution in [0, 0.1) is 11.6 Å². The maximum atomic E-state index is 13.2. The van der Waals surface area contributed by atoms with E-state index in [4.69, 9.17) is 0 Å². The fourth-order valence-electron chi connectivity index (χ4n) is 2.89. The minimum Gasteiger partial charge on any atom is -0.368 e. The Kier molecular flexibility index (Phi) is 5.16. The maximum Gasteiger partial charge on any atom is 0.321 e. The third-order valence-electron chi connectivity index (χ3n) is 4.45. The molecule has 0 radical (unpaired) electrons. The second-order valence-corrected chi connectivity index (χ2v) is 6.05. The predicted octanol–water partition coefficient (Wildman–Crippen LogP) is 3.88. The summed E-state index contributed by atoms with van der Waals surface area (Å²) in [6, 6.07) is 11.5. The van der Waals surface area contributed by atoms with E-state index in [1.54, 1.807) is 4.90 Å². The van der Waals surface area contributed by atoms with E-state index < -0.39 is 11.6 Å². The molecule has 1 fully saturated rings. The summed E-state index contributed by atoms with van der Waals surface area (Å²) in [6.45, 7) is 4.74. The number of nitrogens with zero attached hydrogens (tertiary/aromatic N) is 2. The van der Waals surface area contributed by atoms with Gasteiger partial charge in [-0.15, -0.1) is 0 Å². The molecule has 2 amide bonds. The van der Waals surface area contributed by atoms with Crippen molar-refractivity contribution in [3.63, 3.8) is 0 Å². The number of hydrogen-bond donors (Lipinski definition) is 1. The molecule has 3 rings (SSSR count). The third-order valence-corrected chi connectivity index (χ3v) is 4.45. The SMILES string of the molecule is CCc1ccc(N2CCN(C(=O)Nc3ccc(F)c(F)c3)CC2)cc1. The number of carbonyl (C=O) groups is 1. The molecule has 25 heavy (non-hydrogen) atoms. The smallest absolute Gasteiger partial charge is 0.321 e. The fraction of sp³-hybridized carbons (Fsp3) is 0.316. The summed E-state index contributed by atoms with van der Waals surface area (Å²) in [6.07, 6.45) is 1.01. The second kappa shape index (κ2) is 7.51. The first-order valence-electron chi connectivity index (χ1n) is 8.41. The topological polar surface area (TPSA) is 35.6 Å². The van der Waals surface area contributed by atoms with E-state index in [1.165, 1.54) is 11.6 Å². The highest BCUT2D eigenvalue weighted by atomic mass is 19.2. The van der Waals surface area contributed by atoms with Crippen LogP contribution in [-0.4, -0.2) is 37.1 Å². The number of rotatable bonds is 3. The number of hydrogen-bond acceptors (Lipinski definition) is 2. The largest absolute Gasteiger partial charge is 0.368 e. The van der Waals surface area contributed by atoms with Crippen molar-refractivity contribution in [2.24, 2.45) is 0 Å². The Morgan fingerprint density at radius 3 is 2.28 bits per heavy atom. The van der Waals surface area contributed by atoms with Crippen LogP contribution in [0.5, 0.6) is 0 Å². The van der Waals surface area contributed by atoms with E-state index >= 15 is 0 Å². The number of nitrogens with one attached hydrogen (secondary N) is 1. The fourth-order valence-corrected chi connectivity index (χ4v) is 2.89. The average Bonchev–Trinajstić information content (AvgIpc) is 2.65. The number of anilines is 2. The molecule has 132 valence electrons. The number of piperazine rings is 1. The minimum atomic E-state index is -0.974. The van der Waals surface area contributed by atoms with Gasteiger partial charge < -0.3 is 15.1 Å². The Hall–Kier alpha value is -2.63. The summed E-state index contributed by atoms with van der Waals surface area (Å²) in [7, 11) is 0. The minimum absolute atomic E-state index is 0.251. The van der Waals surface area contributed by atoms with Gasteiger partial charge in [-0.25, -0.2) is 13.6 Å². The van der Waals surface area contributed by atoms with Crippen LogP contribution in [0.1, 0.15) is 12.5 Å². The maximum absolute atomic E-state index is 13.2. The lowest BCUT2D eigenvalue weighted by Gasteiger charge is -2.36. The van der Waals surface area contributed by atoms with Crippen LogP contribution >= 0.6 is 0 Å². The number of benzene rings is 2. The van der Waals surface area contributed by atoms with Crippen molar-refractivity contribution in [2.75, 3.05) is 36.4 Å². The predicted molar refractivity (Wildman–Crippen MR) is 95.0 cm³/mol. The van der Waals surface area contributed by atoms with Crippen molar-refractivity contribution in [1.29, 1.82) is 0 Å². The number of urea groups is 1. The first kappa shape index (κ1) is 17.2. The summed E-state index contributed by atoms with van der Waals surface area (Å²) in [5.74, 6) is -1.90. The number of carbonyl (C=O) groups excluding carboxylic acids is 1. The quantitative estimate of drug-likeness (QED) is 0.916.